The zero-order valence-corrected chi connectivity index (χ0v) is 6.97. The molecule has 0 fully saturated rings. The van der Waals surface area contributed by atoms with Crippen LogP contribution in [-0.2, 0) is 4.79 Å². The summed E-state index contributed by atoms with van der Waals surface area (Å²) >= 11 is 1.54. The Hall–Kier alpha value is -1.03. The Morgan fingerprint density at radius 3 is 3.00 bits per heavy atom. The van der Waals surface area contributed by atoms with Crippen molar-refractivity contribution in [3.63, 3.8) is 0 Å². The Morgan fingerprint density at radius 2 is 2.55 bits per heavy atom. The van der Waals surface area contributed by atoms with Crippen molar-refractivity contribution in [1.29, 1.82) is 0 Å². The lowest BCUT2D eigenvalue weighted by atomic mass is 10.5. The van der Waals surface area contributed by atoms with E-state index in [-0.39, 0.29) is 6.54 Å². The number of nitrogens with zero attached hydrogens (tertiary/aromatic N) is 1. The minimum absolute atomic E-state index is 0.0561. The van der Waals surface area contributed by atoms with Gasteiger partial charge in [0.05, 0.1) is 5.00 Å². The molecule has 0 aliphatic heterocycles. The monoisotopic (exact) mass is 171 g/mol. The summed E-state index contributed by atoms with van der Waals surface area (Å²) in [5.41, 5.74) is 0. The minimum Gasteiger partial charge on any atom is -0.480 e. The van der Waals surface area contributed by atoms with Gasteiger partial charge >= 0.3 is 5.97 Å². The van der Waals surface area contributed by atoms with Crippen LogP contribution in [0.2, 0.25) is 0 Å². The third-order valence-electron chi connectivity index (χ3n) is 1.25. The molecule has 4 heteroatoms. The van der Waals surface area contributed by atoms with Crippen LogP contribution in [0, 0.1) is 0 Å². The van der Waals surface area contributed by atoms with Crippen LogP contribution in [0.25, 0.3) is 0 Å². The van der Waals surface area contributed by atoms with Crippen LogP contribution in [-0.4, -0.2) is 24.7 Å². The van der Waals surface area contributed by atoms with Crippen LogP contribution in [0.3, 0.4) is 0 Å². The molecule has 60 valence electrons. The van der Waals surface area contributed by atoms with Gasteiger partial charge in [0.25, 0.3) is 0 Å². The van der Waals surface area contributed by atoms with Crippen LogP contribution in [0.1, 0.15) is 0 Å². The Bertz CT molecular complexity index is 233. The SMILES string of the molecule is CN(CC(=O)O)c1cccs1. The highest BCUT2D eigenvalue weighted by atomic mass is 32.1. The van der Waals surface area contributed by atoms with Gasteiger partial charge in [0, 0.05) is 7.05 Å². The number of carboxylic acids is 1. The zero-order chi connectivity index (χ0) is 8.27. The van der Waals surface area contributed by atoms with Gasteiger partial charge in [-0.1, -0.05) is 0 Å². The maximum atomic E-state index is 10.3. The van der Waals surface area contributed by atoms with E-state index in [1.165, 1.54) is 11.3 Å². The van der Waals surface area contributed by atoms with E-state index in [0.29, 0.717) is 0 Å². The van der Waals surface area contributed by atoms with Gasteiger partial charge in [-0.3, -0.25) is 4.79 Å². The lowest BCUT2D eigenvalue weighted by Crippen LogP contribution is -2.24. The molecule has 0 aliphatic rings. The number of hydrogen-bond acceptors (Lipinski definition) is 3. The number of rotatable bonds is 3. The number of hydrogen-bond donors (Lipinski definition) is 1. The average Bonchev–Trinajstić information content (AvgIpc) is 2.35. The quantitative estimate of drug-likeness (QED) is 0.744. The lowest BCUT2D eigenvalue weighted by Gasteiger charge is -2.12. The molecule has 1 heterocycles. The van der Waals surface area contributed by atoms with E-state index in [9.17, 15) is 4.79 Å². The van der Waals surface area contributed by atoms with Crippen LogP contribution in [0.15, 0.2) is 17.5 Å². The van der Waals surface area contributed by atoms with Crippen molar-refractivity contribution < 1.29 is 9.90 Å². The van der Waals surface area contributed by atoms with Crippen molar-refractivity contribution >= 4 is 22.3 Å². The third-order valence-corrected chi connectivity index (χ3v) is 2.24. The van der Waals surface area contributed by atoms with Crippen molar-refractivity contribution in [2.45, 2.75) is 0 Å². The second-order valence-electron chi connectivity index (χ2n) is 2.20. The second-order valence-corrected chi connectivity index (χ2v) is 3.13. The van der Waals surface area contributed by atoms with E-state index in [2.05, 4.69) is 0 Å². The van der Waals surface area contributed by atoms with E-state index in [0.717, 1.165) is 5.00 Å². The highest BCUT2D eigenvalue weighted by molar-refractivity contribution is 7.14. The van der Waals surface area contributed by atoms with Crippen molar-refractivity contribution in [2.24, 2.45) is 0 Å². The van der Waals surface area contributed by atoms with Crippen molar-refractivity contribution in [2.75, 3.05) is 18.5 Å². The van der Waals surface area contributed by atoms with Crippen molar-refractivity contribution in [1.82, 2.24) is 0 Å². The Kier molecular flexibility index (Phi) is 2.48. The van der Waals surface area contributed by atoms with Gasteiger partial charge in [-0.2, -0.15) is 0 Å². The highest BCUT2D eigenvalue weighted by Gasteiger charge is 2.04. The first-order valence-electron chi connectivity index (χ1n) is 3.16. The lowest BCUT2D eigenvalue weighted by molar-refractivity contribution is -0.135. The molecular formula is C7H9NO2S. The molecule has 1 aromatic rings. The van der Waals surface area contributed by atoms with Gasteiger partial charge < -0.3 is 10.0 Å². The summed E-state index contributed by atoms with van der Waals surface area (Å²) in [6.45, 7) is 0.0561. The molecule has 0 bridgehead atoms. The van der Waals surface area contributed by atoms with Gasteiger partial charge in [-0.25, -0.2) is 0 Å². The maximum absolute atomic E-state index is 10.3. The van der Waals surface area contributed by atoms with Crippen LogP contribution in [0.4, 0.5) is 5.00 Å². The minimum atomic E-state index is -0.805. The first-order chi connectivity index (χ1) is 5.20. The summed E-state index contributed by atoms with van der Waals surface area (Å²) in [6, 6.07) is 3.80. The maximum Gasteiger partial charge on any atom is 0.323 e. The molecule has 11 heavy (non-hydrogen) atoms. The predicted octanol–water partition coefficient (Wildman–Crippen LogP) is 1.27. The molecule has 0 saturated carbocycles. The van der Waals surface area contributed by atoms with Crippen molar-refractivity contribution in [3.05, 3.63) is 17.5 Å². The summed E-state index contributed by atoms with van der Waals surface area (Å²) < 4.78 is 0. The summed E-state index contributed by atoms with van der Waals surface area (Å²) in [5.74, 6) is -0.805. The molecule has 0 aliphatic carbocycles. The summed E-state index contributed by atoms with van der Waals surface area (Å²) in [6.07, 6.45) is 0. The first-order valence-corrected chi connectivity index (χ1v) is 4.04. The number of thiophene rings is 1. The second kappa shape index (κ2) is 3.39. The van der Waals surface area contributed by atoms with Crippen molar-refractivity contribution in [3.8, 4) is 0 Å². The van der Waals surface area contributed by atoms with Gasteiger partial charge in [-0.05, 0) is 17.5 Å². The molecule has 0 saturated heterocycles. The topological polar surface area (TPSA) is 40.5 Å². The van der Waals surface area contributed by atoms with E-state index in [1.54, 1.807) is 11.9 Å². The fraction of sp³-hybridized carbons (Fsp3) is 0.286. The summed E-state index contributed by atoms with van der Waals surface area (Å²) in [4.78, 5) is 12.0. The number of carboxylic acid groups (broad SMARTS) is 1. The number of carbonyl (C=O) groups is 1. The summed E-state index contributed by atoms with van der Waals surface area (Å²) in [5, 5.41) is 11.3. The molecule has 0 amide bonds. The number of anilines is 1. The Balaban J connectivity index is 2.56. The van der Waals surface area contributed by atoms with Crippen LogP contribution in [0.5, 0.6) is 0 Å². The van der Waals surface area contributed by atoms with Crippen LogP contribution < -0.4 is 4.90 Å². The molecule has 1 rings (SSSR count). The van der Waals surface area contributed by atoms with E-state index >= 15 is 0 Å². The molecule has 1 N–H and O–H groups in total. The first kappa shape index (κ1) is 8.07. The van der Waals surface area contributed by atoms with Crippen LogP contribution >= 0.6 is 11.3 Å². The fourth-order valence-electron chi connectivity index (χ4n) is 0.768. The molecule has 0 spiro atoms. The van der Waals surface area contributed by atoms with Gasteiger partial charge in [0.1, 0.15) is 6.54 Å². The molecule has 0 radical (unpaired) electrons. The van der Waals surface area contributed by atoms with E-state index < -0.39 is 5.97 Å². The van der Waals surface area contributed by atoms with Gasteiger partial charge in [-0.15, -0.1) is 11.3 Å². The highest BCUT2D eigenvalue weighted by Crippen LogP contribution is 2.18. The Labute approximate surface area is 68.9 Å². The standard InChI is InChI=1S/C7H9NO2S/c1-8(5-7(9)10)6-3-2-4-11-6/h2-4H,5H2,1H3,(H,9,10). The molecular weight excluding hydrogens is 162 g/mol. The summed E-state index contributed by atoms with van der Waals surface area (Å²) in [7, 11) is 1.76. The average molecular weight is 171 g/mol. The Morgan fingerprint density at radius 1 is 1.82 bits per heavy atom. The number of aliphatic carboxylic acids is 1. The molecule has 0 unspecified atom stereocenters. The number of likely N-dealkylation sites (N-methyl/N-ethyl adjacent to an activating group) is 1. The van der Waals surface area contributed by atoms with E-state index in [4.69, 9.17) is 5.11 Å². The van der Waals surface area contributed by atoms with Gasteiger partial charge in [0.2, 0.25) is 0 Å². The predicted molar refractivity (Wildman–Crippen MR) is 45.2 cm³/mol. The van der Waals surface area contributed by atoms with Gasteiger partial charge in [0.15, 0.2) is 0 Å². The normalized spacial score (nSPS) is 9.55. The molecule has 0 atom stereocenters. The molecule has 0 aromatic carbocycles. The molecule has 1 aromatic heterocycles. The zero-order valence-electron chi connectivity index (χ0n) is 6.15. The fourth-order valence-corrected chi connectivity index (χ4v) is 1.47. The van der Waals surface area contributed by atoms with E-state index in [1.807, 2.05) is 17.5 Å². The molecule has 3 nitrogen and oxygen atoms in total. The largest absolute Gasteiger partial charge is 0.480 e. The smallest absolute Gasteiger partial charge is 0.323 e. The third kappa shape index (κ3) is 2.23.